The van der Waals surface area contributed by atoms with E-state index in [2.05, 4.69) is 41.1 Å². The number of rotatable bonds is 8. The number of ether oxygens (including phenoxy) is 2. The van der Waals surface area contributed by atoms with Crippen LogP contribution in [0.3, 0.4) is 0 Å². The molecule has 0 unspecified atom stereocenters. The van der Waals surface area contributed by atoms with Gasteiger partial charge in [0.1, 0.15) is 0 Å². The molecule has 1 aromatic carbocycles. The largest absolute Gasteiger partial charge is 0.493 e. The maximum Gasteiger partial charge on any atom is 0.161 e. The topological polar surface area (TPSA) is 50.4 Å². The second-order valence-corrected chi connectivity index (χ2v) is 7.90. The average molecular weight is 372 g/mol. The fraction of sp³-hybridized carbons (Fsp3) is 0.591. The molecule has 1 aromatic heterocycles. The first-order valence-corrected chi connectivity index (χ1v) is 10.1. The van der Waals surface area contributed by atoms with Gasteiger partial charge in [-0.3, -0.25) is 10.00 Å². The fourth-order valence-electron chi connectivity index (χ4n) is 4.06. The lowest BCUT2D eigenvalue weighted by molar-refractivity contribution is 0.197. The van der Waals surface area contributed by atoms with E-state index >= 15 is 0 Å². The zero-order valence-corrected chi connectivity index (χ0v) is 17.1. The van der Waals surface area contributed by atoms with Crippen LogP contribution in [0.2, 0.25) is 0 Å². The predicted octanol–water partition coefficient (Wildman–Crippen LogP) is 4.40. The first-order valence-electron chi connectivity index (χ1n) is 10.1. The Labute approximate surface area is 163 Å². The minimum Gasteiger partial charge on any atom is -0.493 e. The molecule has 1 saturated heterocycles. The van der Waals surface area contributed by atoms with Crippen LogP contribution in [0.4, 0.5) is 0 Å². The first kappa shape index (κ1) is 19.7. The number of hydrogen-bond acceptors (Lipinski definition) is 4. The Morgan fingerprint density at radius 3 is 2.89 bits per heavy atom. The number of H-pyrrole nitrogens is 1. The van der Waals surface area contributed by atoms with Crippen LogP contribution in [-0.2, 0) is 13.0 Å². The second-order valence-electron chi connectivity index (χ2n) is 7.90. The summed E-state index contributed by atoms with van der Waals surface area (Å²) in [6.07, 6.45) is 5.57. The minimum absolute atomic E-state index is 0.541. The Bertz CT molecular complexity index is 726. The highest BCUT2D eigenvalue weighted by Gasteiger charge is 2.25. The maximum absolute atomic E-state index is 5.73. The summed E-state index contributed by atoms with van der Waals surface area (Å²) >= 11 is 0. The van der Waals surface area contributed by atoms with Crippen LogP contribution >= 0.6 is 0 Å². The van der Waals surface area contributed by atoms with Crippen molar-refractivity contribution < 1.29 is 9.47 Å². The molecule has 1 N–H and O–H groups in total. The van der Waals surface area contributed by atoms with E-state index < -0.39 is 0 Å². The van der Waals surface area contributed by atoms with E-state index in [1.54, 1.807) is 7.11 Å². The van der Waals surface area contributed by atoms with Gasteiger partial charge < -0.3 is 9.47 Å². The lowest BCUT2D eigenvalue weighted by Crippen LogP contribution is -2.34. The van der Waals surface area contributed by atoms with Crippen molar-refractivity contribution in [3.05, 3.63) is 41.2 Å². The molecule has 0 aliphatic carbocycles. The van der Waals surface area contributed by atoms with Crippen LogP contribution in [0, 0.1) is 5.92 Å². The van der Waals surface area contributed by atoms with E-state index in [1.807, 2.05) is 19.2 Å². The first-order chi connectivity index (χ1) is 13.1. The van der Waals surface area contributed by atoms with Crippen molar-refractivity contribution >= 4 is 0 Å². The lowest BCUT2D eigenvalue weighted by atomic mass is 9.90. The molecule has 2 heterocycles. The highest BCUT2D eigenvalue weighted by molar-refractivity contribution is 5.43. The van der Waals surface area contributed by atoms with E-state index in [9.17, 15) is 0 Å². The van der Waals surface area contributed by atoms with Crippen LogP contribution in [0.5, 0.6) is 11.5 Å². The molecule has 148 valence electrons. The highest BCUT2D eigenvalue weighted by Crippen LogP contribution is 2.32. The van der Waals surface area contributed by atoms with Gasteiger partial charge in [-0.2, -0.15) is 5.10 Å². The smallest absolute Gasteiger partial charge is 0.161 e. The zero-order chi connectivity index (χ0) is 19.2. The van der Waals surface area contributed by atoms with Gasteiger partial charge in [-0.1, -0.05) is 19.9 Å². The number of aromatic nitrogens is 2. The Balaban J connectivity index is 1.68. The third-order valence-corrected chi connectivity index (χ3v) is 5.23. The molecule has 0 radical (unpaired) electrons. The molecule has 0 spiro atoms. The number of nitrogens with zero attached hydrogens (tertiary/aromatic N) is 2. The van der Waals surface area contributed by atoms with Crippen molar-refractivity contribution in [3.63, 3.8) is 0 Å². The summed E-state index contributed by atoms with van der Waals surface area (Å²) in [4.78, 5) is 2.55. The van der Waals surface area contributed by atoms with Crippen LogP contribution in [0.25, 0.3) is 0 Å². The molecule has 0 saturated carbocycles. The number of benzene rings is 1. The maximum atomic E-state index is 5.73. The number of methoxy groups -OCH3 is 1. The molecule has 2 aromatic rings. The second kappa shape index (κ2) is 9.27. The predicted molar refractivity (Wildman–Crippen MR) is 109 cm³/mol. The molecule has 27 heavy (non-hydrogen) atoms. The third kappa shape index (κ3) is 5.04. The Hall–Kier alpha value is -2.01. The SMILES string of the molecule is CCOc1cc(CN2CCC[C@H](c3[nH]ncc3CC(C)C)C2)ccc1OC. The molecule has 5 heteroatoms. The number of likely N-dealkylation sites (tertiary alicyclic amines) is 1. The van der Waals surface area contributed by atoms with Gasteiger partial charge in [-0.25, -0.2) is 0 Å². The molecule has 0 bridgehead atoms. The van der Waals surface area contributed by atoms with Gasteiger partial charge in [0.05, 0.1) is 19.9 Å². The van der Waals surface area contributed by atoms with Crippen molar-refractivity contribution in [1.82, 2.24) is 15.1 Å². The van der Waals surface area contributed by atoms with Crippen LogP contribution in [0.1, 0.15) is 56.4 Å². The van der Waals surface area contributed by atoms with E-state index in [-0.39, 0.29) is 0 Å². The van der Waals surface area contributed by atoms with E-state index in [1.165, 1.54) is 29.7 Å². The van der Waals surface area contributed by atoms with Crippen molar-refractivity contribution in [2.24, 2.45) is 5.92 Å². The average Bonchev–Trinajstić information content (AvgIpc) is 3.10. The van der Waals surface area contributed by atoms with E-state index in [0.717, 1.165) is 37.6 Å². The number of piperidine rings is 1. The Kier molecular flexibility index (Phi) is 6.78. The van der Waals surface area contributed by atoms with Crippen molar-refractivity contribution in [3.8, 4) is 11.5 Å². The van der Waals surface area contributed by atoms with Gasteiger partial charge in [0.25, 0.3) is 0 Å². The van der Waals surface area contributed by atoms with Gasteiger partial charge in [-0.15, -0.1) is 0 Å². The van der Waals surface area contributed by atoms with Crippen molar-refractivity contribution in [1.29, 1.82) is 0 Å². The molecular formula is C22H33N3O2. The molecule has 0 amide bonds. The molecule has 1 aliphatic heterocycles. The normalized spacial score (nSPS) is 18.0. The third-order valence-electron chi connectivity index (χ3n) is 5.23. The number of hydrogen-bond donors (Lipinski definition) is 1. The molecule has 3 rings (SSSR count). The number of nitrogens with one attached hydrogen (secondary N) is 1. The molecule has 5 nitrogen and oxygen atoms in total. The monoisotopic (exact) mass is 371 g/mol. The summed E-state index contributed by atoms with van der Waals surface area (Å²) in [5.41, 5.74) is 4.00. The van der Waals surface area contributed by atoms with Gasteiger partial charge in [0.2, 0.25) is 0 Å². The molecule has 1 fully saturated rings. The summed E-state index contributed by atoms with van der Waals surface area (Å²) in [5, 5.41) is 7.63. The van der Waals surface area contributed by atoms with Crippen molar-refractivity contribution in [2.45, 2.75) is 52.5 Å². The Morgan fingerprint density at radius 2 is 2.15 bits per heavy atom. The standard InChI is InChI=1S/C22H33N3O2/c1-5-27-21-12-17(8-9-20(21)26-4)14-25-10-6-7-18(15-25)22-19(11-16(2)3)13-23-24-22/h8-9,12-13,16,18H,5-7,10-11,14-15H2,1-4H3,(H,23,24)/t18-/m0/s1. The van der Waals surface area contributed by atoms with Gasteiger partial charge in [-0.05, 0) is 61.9 Å². The highest BCUT2D eigenvalue weighted by atomic mass is 16.5. The fourth-order valence-corrected chi connectivity index (χ4v) is 4.06. The van der Waals surface area contributed by atoms with Crippen LogP contribution in [-0.4, -0.2) is 41.9 Å². The Morgan fingerprint density at radius 1 is 1.30 bits per heavy atom. The van der Waals surface area contributed by atoms with Gasteiger partial charge in [0, 0.05) is 24.7 Å². The summed E-state index contributed by atoms with van der Waals surface area (Å²) < 4.78 is 11.1. The van der Waals surface area contributed by atoms with Gasteiger partial charge >= 0.3 is 0 Å². The number of aromatic amines is 1. The summed E-state index contributed by atoms with van der Waals surface area (Å²) in [6.45, 7) is 10.3. The minimum atomic E-state index is 0.541. The summed E-state index contributed by atoms with van der Waals surface area (Å²) in [5.74, 6) is 2.82. The summed E-state index contributed by atoms with van der Waals surface area (Å²) in [7, 11) is 1.69. The molecule has 1 atom stereocenters. The lowest BCUT2D eigenvalue weighted by Gasteiger charge is -2.33. The van der Waals surface area contributed by atoms with Crippen molar-refractivity contribution in [2.75, 3.05) is 26.8 Å². The quantitative estimate of drug-likeness (QED) is 0.747. The van der Waals surface area contributed by atoms with Crippen LogP contribution < -0.4 is 9.47 Å². The summed E-state index contributed by atoms with van der Waals surface area (Å²) in [6, 6.07) is 6.27. The van der Waals surface area contributed by atoms with Crippen LogP contribution in [0.15, 0.2) is 24.4 Å². The zero-order valence-electron chi connectivity index (χ0n) is 17.1. The van der Waals surface area contributed by atoms with E-state index in [0.29, 0.717) is 18.4 Å². The van der Waals surface area contributed by atoms with E-state index in [4.69, 9.17) is 9.47 Å². The molecular weight excluding hydrogens is 338 g/mol. The molecule has 1 aliphatic rings. The van der Waals surface area contributed by atoms with Gasteiger partial charge in [0.15, 0.2) is 11.5 Å².